The van der Waals surface area contributed by atoms with E-state index in [-0.39, 0.29) is 28.7 Å². The number of nitrogens with zero attached hydrogens (tertiary/aromatic N) is 1. The van der Waals surface area contributed by atoms with Crippen molar-refractivity contribution in [2.24, 2.45) is 0 Å². The number of halogens is 2. The van der Waals surface area contributed by atoms with Gasteiger partial charge in [-0.15, -0.1) is 0 Å². The normalized spacial score (nSPS) is 13.9. The third kappa shape index (κ3) is 2.90. The molecule has 1 heterocycles. The van der Waals surface area contributed by atoms with Crippen LogP contribution in [0.5, 0.6) is 0 Å². The van der Waals surface area contributed by atoms with E-state index in [1.54, 1.807) is 12.1 Å². The second kappa shape index (κ2) is 5.93. The van der Waals surface area contributed by atoms with Crippen LogP contribution in [0, 0.1) is 5.82 Å². The van der Waals surface area contributed by atoms with Crippen molar-refractivity contribution in [2.45, 2.75) is 25.4 Å². The molecule has 1 aliphatic rings. The van der Waals surface area contributed by atoms with Gasteiger partial charge in [0.15, 0.2) is 0 Å². The molecule has 6 heteroatoms. The van der Waals surface area contributed by atoms with Crippen molar-refractivity contribution in [3.05, 3.63) is 68.8 Å². The molecule has 114 valence electrons. The lowest BCUT2D eigenvalue weighted by atomic mass is 10.1. The standard InChI is InChI=1S/C16H14ClFN2O2/c17-13-4-1-5-14(18)12(13)9-20(10-6-7-10)16(22)11-3-2-8-19-15(11)21/h1-5,8,10H,6-7,9H2,(H,19,21). The number of carbonyl (C=O) groups is 1. The van der Waals surface area contributed by atoms with Gasteiger partial charge in [0.1, 0.15) is 11.4 Å². The molecule has 0 unspecified atom stereocenters. The van der Waals surface area contributed by atoms with E-state index in [4.69, 9.17) is 11.6 Å². The molecule has 4 nitrogen and oxygen atoms in total. The molecule has 22 heavy (non-hydrogen) atoms. The van der Waals surface area contributed by atoms with Gasteiger partial charge in [0, 0.05) is 22.8 Å². The maximum atomic E-state index is 13.9. The summed E-state index contributed by atoms with van der Waals surface area (Å²) in [6.45, 7) is 0.0589. The van der Waals surface area contributed by atoms with Gasteiger partial charge >= 0.3 is 0 Å². The van der Waals surface area contributed by atoms with Crippen LogP contribution >= 0.6 is 11.6 Å². The Morgan fingerprint density at radius 2 is 2.09 bits per heavy atom. The molecule has 0 radical (unpaired) electrons. The van der Waals surface area contributed by atoms with Crippen LogP contribution in [0.4, 0.5) is 4.39 Å². The SMILES string of the molecule is O=C(c1ccc[nH]c1=O)N(Cc1c(F)cccc1Cl)C1CC1. The molecule has 1 N–H and O–H groups in total. The molecular weight excluding hydrogens is 307 g/mol. The molecule has 0 saturated heterocycles. The number of benzene rings is 1. The fourth-order valence-electron chi connectivity index (χ4n) is 2.35. The Morgan fingerprint density at radius 3 is 2.73 bits per heavy atom. The second-order valence-corrected chi connectivity index (χ2v) is 5.68. The lowest BCUT2D eigenvalue weighted by Crippen LogP contribution is -2.36. The summed E-state index contributed by atoms with van der Waals surface area (Å²) in [5.41, 5.74) is -0.114. The highest BCUT2D eigenvalue weighted by atomic mass is 35.5. The van der Waals surface area contributed by atoms with Crippen molar-refractivity contribution in [3.63, 3.8) is 0 Å². The number of rotatable bonds is 4. The Balaban J connectivity index is 1.93. The van der Waals surface area contributed by atoms with Gasteiger partial charge in [-0.05, 0) is 37.1 Å². The fraction of sp³-hybridized carbons (Fsp3) is 0.250. The summed E-state index contributed by atoms with van der Waals surface area (Å²) < 4.78 is 13.9. The first-order valence-corrected chi connectivity index (χ1v) is 7.37. The van der Waals surface area contributed by atoms with E-state index >= 15 is 0 Å². The highest BCUT2D eigenvalue weighted by Crippen LogP contribution is 2.31. The average molecular weight is 321 g/mol. The molecule has 3 rings (SSSR count). The zero-order valence-electron chi connectivity index (χ0n) is 11.7. The fourth-order valence-corrected chi connectivity index (χ4v) is 2.57. The zero-order valence-corrected chi connectivity index (χ0v) is 12.4. The van der Waals surface area contributed by atoms with E-state index in [1.807, 2.05) is 0 Å². The van der Waals surface area contributed by atoms with Crippen LogP contribution in [-0.2, 0) is 6.54 Å². The lowest BCUT2D eigenvalue weighted by molar-refractivity contribution is 0.0726. The Hall–Kier alpha value is -2.14. The van der Waals surface area contributed by atoms with Crippen molar-refractivity contribution >= 4 is 17.5 Å². The predicted octanol–water partition coefficient (Wildman–Crippen LogP) is 2.97. The first-order chi connectivity index (χ1) is 10.6. The highest BCUT2D eigenvalue weighted by molar-refractivity contribution is 6.31. The molecule has 0 bridgehead atoms. The number of aromatic nitrogens is 1. The van der Waals surface area contributed by atoms with Gasteiger partial charge in [-0.1, -0.05) is 17.7 Å². The minimum atomic E-state index is -0.451. The van der Waals surface area contributed by atoms with Crippen LogP contribution in [0.1, 0.15) is 28.8 Å². The molecule has 1 saturated carbocycles. The number of amides is 1. The minimum Gasteiger partial charge on any atom is -0.331 e. The van der Waals surface area contributed by atoms with Gasteiger partial charge in [-0.2, -0.15) is 0 Å². The van der Waals surface area contributed by atoms with Crippen LogP contribution in [0.25, 0.3) is 0 Å². The van der Waals surface area contributed by atoms with Gasteiger partial charge < -0.3 is 9.88 Å². The van der Waals surface area contributed by atoms with Gasteiger partial charge in [-0.25, -0.2) is 4.39 Å². The number of hydrogen-bond donors (Lipinski definition) is 1. The molecule has 1 aliphatic carbocycles. The third-order valence-corrected chi connectivity index (χ3v) is 4.04. The molecule has 1 amide bonds. The predicted molar refractivity (Wildman–Crippen MR) is 81.4 cm³/mol. The van der Waals surface area contributed by atoms with Crippen LogP contribution in [0.15, 0.2) is 41.3 Å². The van der Waals surface area contributed by atoms with Gasteiger partial charge in [0.05, 0.1) is 6.54 Å². The molecule has 0 aliphatic heterocycles. The van der Waals surface area contributed by atoms with Crippen molar-refractivity contribution < 1.29 is 9.18 Å². The van der Waals surface area contributed by atoms with E-state index in [0.29, 0.717) is 0 Å². The zero-order chi connectivity index (χ0) is 15.7. The lowest BCUT2D eigenvalue weighted by Gasteiger charge is -2.23. The third-order valence-electron chi connectivity index (χ3n) is 3.69. The Labute approximate surface area is 131 Å². The molecule has 1 aromatic carbocycles. The monoisotopic (exact) mass is 320 g/mol. The second-order valence-electron chi connectivity index (χ2n) is 5.28. The van der Waals surface area contributed by atoms with Crippen molar-refractivity contribution in [1.82, 2.24) is 9.88 Å². The minimum absolute atomic E-state index is 0.0304. The molecule has 0 atom stereocenters. The van der Waals surface area contributed by atoms with Crippen LogP contribution in [-0.4, -0.2) is 21.8 Å². The average Bonchev–Trinajstić information content (AvgIpc) is 3.31. The highest BCUT2D eigenvalue weighted by Gasteiger charge is 2.34. The molecule has 1 aromatic heterocycles. The summed E-state index contributed by atoms with van der Waals surface area (Å²) in [6, 6.07) is 7.52. The topological polar surface area (TPSA) is 53.2 Å². The van der Waals surface area contributed by atoms with Gasteiger partial charge in [0.25, 0.3) is 11.5 Å². The van der Waals surface area contributed by atoms with Gasteiger partial charge in [-0.3, -0.25) is 9.59 Å². The van der Waals surface area contributed by atoms with Crippen molar-refractivity contribution in [3.8, 4) is 0 Å². The quantitative estimate of drug-likeness (QED) is 0.941. The van der Waals surface area contributed by atoms with Crippen LogP contribution < -0.4 is 5.56 Å². The van der Waals surface area contributed by atoms with Crippen LogP contribution in [0.3, 0.4) is 0 Å². The Morgan fingerprint density at radius 1 is 1.32 bits per heavy atom. The van der Waals surface area contributed by atoms with Crippen molar-refractivity contribution in [2.75, 3.05) is 0 Å². The van der Waals surface area contributed by atoms with E-state index in [0.717, 1.165) is 12.8 Å². The summed E-state index contributed by atoms with van der Waals surface area (Å²) in [5, 5.41) is 0.278. The maximum absolute atomic E-state index is 13.9. The van der Waals surface area contributed by atoms with E-state index in [1.165, 1.54) is 29.3 Å². The first kappa shape index (κ1) is 14.8. The summed E-state index contributed by atoms with van der Waals surface area (Å²) in [7, 11) is 0. The molecule has 0 spiro atoms. The Bertz CT molecular complexity index is 750. The number of hydrogen-bond acceptors (Lipinski definition) is 2. The summed E-state index contributed by atoms with van der Waals surface area (Å²) >= 11 is 6.03. The summed E-state index contributed by atoms with van der Waals surface area (Å²) in [5.74, 6) is -0.850. The number of carbonyl (C=O) groups excluding carboxylic acids is 1. The van der Waals surface area contributed by atoms with E-state index in [2.05, 4.69) is 4.98 Å². The molecule has 1 fully saturated rings. The number of aromatic amines is 1. The molecule has 2 aromatic rings. The number of nitrogens with one attached hydrogen (secondary N) is 1. The smallest absolute Gasteiger partial charge is 0.260 e. The molecular formula is C16H14ClFN2O2. The largest absolute Gasteiger partial charge is 0.331 e. The first-order valence-electron chi connectivity index (χ1n) is 6.99. The summed E-state index contributed by atoms with van der Waals surface area (Å²) in [4.78, 5) is 28.4. The van der Waals surface area contributed by atoms with Crippen molar-refractivity contribution in [1.29, 1.82) is 0 Å². The number of pyridine rings is 1. The van der Waals surface area contributed by atoms with Gasteiger partial charge in [0.2, 0.25) is 0 Å². The maximum Gasteiger partial charge on any atom is 0.260 e. The van der Waals surface area contributed by atoms with E-state index in [9.17, 15) is 14.0 Å². The Kier molecular flexibility index (Phi) is 3.98. The van der Waals surface area contributed by atoms with E-state index < -0.39 is 17.3 Å². The summed E-state index contributed by atoms with van der Waals surface area (Å²) in [6.07, 6.45) is 3.17. The number of H-pyrrole nitrogens is 1. The van der Waals surface area contributed by atoms with Crippen LogP contribution in [0.2, 0.25) is 5.02 Å².